The fraction of sp³-hybridized carbons (Fsp3) is 0. The predicted molar refractivity (Wildman–Crippen MR) is 76.1 cm³/mol. The first-order chi connectivity index (χ1) is 9.60. The van der Waals surface area contributed by atoms with E-state index in [9.17, 15) is 13.2 Å². The second-order valence-corrected chi connectivity index (χ2v) is 6.23. The number of fused-ring (bicyclic) bond motifs is 1. The highest BCUT2D eigenvalue weighted by atomic mass is 32.2. The van der Waals surface area contributed by atoms with Crippen LogP contribution in [0, 0.1) is 0 Å². The zero-order chi connectivity index (χ0) is 14.2. The quantitative estimate of drug-likeness (QED) is 0.861. The molecule has 0 atom stereocenters. The van der Waals surface area contributed by atoms with Crippen LogP contribution in [0.5, 0.6) is 0 Å². The Bertz CT molecular complexity index is 808. The smallest absolute Gasteiger partial charge is 0.212 e. The summed E-state index contributed by atoms with van der Waals surface area (Å²) in [4.78, 5) is 12.0. The SMILES string of the molecule is O=C1/C(=C/Nc2ccccc2)S(=O)(=O)c2ccccc21. The van der Waals surface area contributed by atoms with Gasteiger partial charge in [-0.25, -0.2) is 8.42 Å². The van der Waals surface area contributed by atoms with Crippen LogP contribution in [0.4, 0.5) is 5.69 Å². The first-order valence-electron chi connectivity index (χ1n) is 6.01. The lowest BCUT2D eigenvalue weighted by atomic mass is 10.1. The number of ketones is 1. The van der Waals surface area contributed by atoms with Crippen molar-refractivity contribution in [1.82, 2.24) is 0 Å². The van der Waals surface area contributed by atoms with Crippen LogP contribution < -0.4 is 5.32 Å². The van der Waals surface area contributed by atoms with Gasteiger partial charge in [-0.1, -0.05) is 30.3 Å². The fourth-order valence-corrected chi connectivity index (χ4v) is 3.60. The summed E-state index contributed by atoms with van der Waals surface area (Å²) in [6.07, 6.45) is 1.26. The molecule has 20 heavy (non-hydrogen) atoms. The maximum absolute atomic E-state index is 12.3. The monoisotopic (exact) mass is 285 g/mol. The van der Waals surface area contributed by atoms with E-state index in [0.29, 0.717) is 0 Å². The number of carbonyl (C=O) groups is 1. The molecule has 5 heteroatoms. The number of anilines is 1. The maximum atomic E-state index is 12.3. The minimum Gasteiger partial charge on any atom is -0.360 e. The van der Waals surface area contributed by atoms with Crippen LogP contribution in [0.25, 0.3) is 0 Å². The molecule has 1 aliphatic rings. The van der Waals surface area contributed by atoms with Gasteiger partial charge in [0.2, 0.25) is 15.6 Å². The Hall–Kier alpha value is -2.40. The average Bonchev–Trinajstić information content (AvgIpc) is 2.66. The lowest BCUT2D eigenvalue weighted by Crippen LogP contribution is -2.05. The Kier molecular flexibility index (Phi) is 2.91. The van der Waals surface area contributed by atoms with Crippen molar-refractivity contribution in [3.05, 3.63) is 71.3 Å². The summed E-state index contributed by atoms with van der Waals surface area (Å²) in [7, 11) is -3.72. The molecular formula is C15H11NO3S. The highest BCUT2D eigenvalue weighted by molar-refractivity contribution is 7.97. The summed E-state index contributed by atoms with van der Waals surface area (Å²) >= 11 is 0. The number of rotatable bonds is 2. The predicted octanol–water partition coefficient (Wildman–Crippen LogP) is 2.61. The molecule has 0 unspecified atom stereocenters. The van der Waals surface area contributed by atoms with Crippen molar-refractivity contribution in [2.24, 2.45) is 0 Å². The van der Waals surface area contributed by atoms with Gasteiger partial charge in [0.25, 0.3) is 0 Å². The topological polar surface area (TPSA) is 63.2 Å². The third-order valence-electron chi connectivity index (χ3n) is 3.08. The maximum Gasteiger partial charge on any atom is 0.212 e. The van der Waals surface area contributed by atoms with E-state index in [-0.39, 0.29) is 15.4 Å². The molecule has 0 saturated carbocycles. The molecule has 1 aliphatic heterocycles. The second-order valence-electron chi connectivity index (χ2n) is 4.35. The number of sulfone groups is 1. The van der Waals surface area contributed by atoms with Gasteiger partial charge in [-0.05, 0) is 24.3 Å². The molecule has 1 heterocycles. The van der Waals surface area contributed by atoms with Gasteiger partial charge < -0.3 is 5.32 Å². The van der Waals surface area contributed by atoms with Gasteiger partial charge >= 0.3 is 0 Å². The van der Waals surface area contributed by atoms with Crippen molar-refractivity contribution in [3.63, 3.8) is 0 Å². The van der Waals surface area contributed by atoms with Gasteiger partial charge in [0.05, 0.1) is 4.90 Å². The van der Waals surface area contributed by atoms with Gasteiger partial charge in [0.1, 0.15) is 4.91 Å². The molecule has 0 fully saturated rings. The Morgan fingerprint density at radius 3 is 2.25 bits per heavy atom. The summed E-state index contributed by atoms with van der Waals surface area (Å²) in [5.41, 5.74) is 0.951. The molecule has 3 rings (SSSR count). The molecule has 2 aromatic carbocycles. The third kappa shape index (κ3) is 1.92. The van der Waals surface area contributed by atoms with Gasteiger partial charge in [-0.15, -0.1) is 0 Å². The standard InChI is InChI=1S/C15H11NO3S/c17-15-12-8-4-5-9-13(12)20(18,19)14(15)10-16-11-6-2-1-3-7-11/h1-10,16H/b14-10-. The molecule has 0 spiro atoms. The van der Waals surface area contributed by atoms with Crippen LogP contribution in [0.3, 0.4) is 0 Å². The summed E-state index contributed by atoms with van der Waals surface area (Å²) in [5, 5.41) is 2.85. The second kappa shape index (κ2) is 4.61. The normalized spacial score (nSPS) is 18.0. The molecule has 0 amide bonds. The molecule has 0 aliphatic carbocycles. The van der Waals surface area contributed by atoms with E-state index in [1.807, 2.05) is 18.2 Å². The van der Waals surface area contributed by atoms with Crippen molar-refractivity contribution in [2.75, 3.05) is 5.32 Å². The number of nitrogens with one attached hydrogen (secondary N) is 1. The zero-order valence-corrected chi connectivity index (χ0v) is 11.2. The Morgan fingerprint density at radius 1 is 0.900 bits per heavy atom. The highest BCUT2D eigenvalue weighted by Gasteiger charge is 2.38. The number of benzene rings is 2. The van der Waals surface area contributed by atoms with Gasteiger partial charge in [-0.2, -0.15) is 0 Å². The number of carbonyl (C=O) groups excluding carboxylic acids is 1. The molecular weight excluding hydrogens is 274 g/mol. The van der Waals surface area contributed by atoms with Crippen molar-refractivity contribution < 1.29 is 13.2 Å². The van der Waals surface area contributed by atoms with Crippen LogP contribution in [0.2, 0.25) is 0 Å². The van der Waals surface area contributed by atoms with E-state index < -0.39 is 15.6 Å². The zero-order valence-electron chi connectivity index (χ0n) is 10.4. The van der Waals surface area contributed by atoms with Gasteiger partial charge in [0, 0.05) is 17.5 Å². The van der Waals surface area contributed by atoms with E-state index in [1.54, 1.807) is 24.3 Å². The number of allylic oxidation sites excluding steroid dienone is 1. The fourth-order valence-electron chi connectivity index (χ4n) is 2.09. The summed E-state index contributed by atoms with van der Waals surface area (Å²) in [6, 6.07) is 15.3. The molecule has 1 N–H and O–H groups in total. The van der Waals surface area contributed by atoms with Crippen LogP contribution in [-0.4, -0.2) is 14.2 Å². The van der Waals surface area contributed by atoms with E-state index in [1.165, 1.54) is 18.3 Å². The van der Waals surface area contributed by atoms with Crippen molar-refractivity contribution in [2.45, 2.75) is 4.90 Å². The number of Topliss-reactive ketones (excluding diaryl/α,β-unsaturated/α-hetero) is 1. The van der Waals surface area contributed by atoms with Crippen molar-refractivity contribution >= 4 is 21.3 Å². The van der Waals surface area contributed by atoms with Gasteiger partial charge in [-0.3, -0.25) is 4.79 Å². The number of para-hydroxylation sites is 1. The number of hydrogen-bond donors (Lipinski definition) is 1. The summed E-state index contributed by atoms with van der Waals surface area (Å²) in [5.74, 6) is -0.468. The van der Waals surface area contributed by atoms with Crippen LogP contribution >= 0.6 is 0 Å². The minimum absolute atomic E-state index is 0.0751. The first kappa shape index (κ1) is 12.6. The van der Waals surface area contributed by atoms with Crippen LogP contribution in [0.1, 0.15) is 10.4 Å². The van der Waals surface area contributed by atoms with Crippen LogP contribution in [0.15, 0.2) is 70.6 Å². The largest absolute Gasteiger partial charge is 0.360 e. The molecule has 2 aromatic rings. The highest BCUT2D eigenvalue weighted by Crippen LogP contribution is 2.33. The third-order valence-corrected chi connectivity index (χ3v) is 4.90. The lowest BCUT2D eigenvalue weighted by Gasteiger charge is -2.01. The molecule has 4 nitrogen and oxygen atoms in total. The Balaban J connectivity index is 2.02. The Morgan fingerprint density at radius 2 is 1.55 bits per heavy atom. The van der Waals surface area contributed by atoms with Crippen molar-refractivity contribution in [3.8, 4) is 0 Å². The molecule has 0 aromatic heterocycles. The van der Waals surface area contributed by atoms with Gasteiger partial charge in [0.15, 0.2) is 0 Å². The molecule has 0 saturated heterocycles. The summed E-state index contributed by atoms with van der Waals surface area (Å²) in [6.45, 7) is 0. The van der Waals surface area contributed by atoms with E-state index in [0.717, 1.165) is 5.69 Å². The summed E-state index contributed by atoms with van der Waals surface area (Å²) < 4.78 is 24.6. The molecule has 0 bridgehead atoms. The average molecular weight is 285 g/mol. The van der Waals surface area contributed by atoms with E-state index in [2.05, 4.69) is 5.32 Å². The minimum atomic E-state index is -3.72. The Labute approximate surface area is 116 Å². The van der Waals surface area contributed by atoms with E-state index in [4.69, 9.17) is 0 Å². The lowest BCUT2D eigenvalue weighted by molar-refractivity contribution is 0.104. The molecule has 100 valence electrons. The first-order valence-corrected chi connectivity index (χ1v) is 7.49. The van der Waals surface area contributed by atoms with Crippen molar-refractivity contribution in [1.29, 1.82) is 0 Å². The number of hydrogen-bond acceptors (Lipinski definition) is 4. The molecule has 0 radical (unpaired) electrons. The van der Waals surface area contributed by atoms with Crippen LogP contribution in [-0.2, 0) is 9.84 Å². The van der Waals surface area contributed by atoms with E-state index >= 15 is 0 Å².